The van der Waals surface area contributed by atoms with Crippen molar-refractivity contribution in [3.63, 3.8) is 0 Å². The van der Waals surface area contributed by atoms with Crippen molar-refractivity contribution in [2.75, 3.05) is 19.7 Å². The van der Waals surface area contributed by atoms with Gasteiger partial charge in [0.25, 0.3) is 5.89 Å². The molecular weight excluding hydrogens is 330 g/mol. The summed E-state index contributed by atoms with van der Waals surface area (Å²) in [6.45, 7) is 4.83. The zero-order valence-corrected chi connectivity index (χ0v) is 15.2. The number of ether oxygens (including phenoxy) is 1. The number of rotatable bonds is 5. The van der Waals surface area contributed by atoms with E-state index >= 15 is 0 Å². The lowest BCUT2D eigenvalue weighted by Crippen LogP contribution is -2.46. The van der Waals surface area contributed by atoms with E-state index in [0.717, 1.165) is 50.9 Å². The first-order chi connectivity index (χ1) is 12.7. The predicted octanol–water partition coefficient (Wildman–Crippen LogP) is 3.04. The van der Waals surface area contributed by atoms with E-state index in [1.165, 1.54) is 0 Å². The number of hydrogen-bond donors (Lipinski definition) is 0. The molecule has 0 N–H and O–H groups in total. The summed E-state index contributed by atoms with van der Waals surface area (Å²) in [7, 11) is 0. The molecule has 0 saturated carbocycles. The molecule has 2 aliphatic heterocycles. The Morgan fingerprint density at radius 3 is 2.69 bits per heavy atom. The second-order valence-electron chi connectivity index (χ2n) is 7.33. The highest BCUT2D eigenvalue weighted by Crippen LogP contribution is 2.36. The first-order valence-electron chi connectivity index (χ1n) is 9.40. The van der Waals surface area contributed by atoms with Crippen LogP contribution in [0.4, 0.5) is 0 Å². The van der Waals surface area contributed by atoms with Crippen molar-refractivity contribution >= 4 is 5.78 Å². The number of nitrogens with zero attached hydrogens (tertiary/aromatic N) is 3. The van der Waals surface area contributed by atoms with Crippen LogP contribution in [-0.4, -0.2) is 40.5 Å². The number of piperidine rings is 1. The summed E-state index contributed by atoms with van der Waals surface area (Å²) in [4.78, 5) is 19.3. The number of hydrogen-bond acceptors (Lipinski definition) is 6. The van der Waals surface area contributed by atoms with Gasteiger partial charge in [0.15, 0.2) is 5.82 Å². The Morgan fingerprint density at radius 2 is 2.04 bits per heavy atom. The van der Waals surface area contributed by atoms with Gasteiger partial charge in [-0.2, -0.15) is 4.98 Å². The fourth-order valence-electron chi connectivity index (χ4n) is 4.13. The zero-order valence-electron chi connectivity index (χ0n) is 15.2. The van der Waals surface area contributed by atoms with E-state index in [2.05, 4.69) is 27.2 Å². The molecule has 0 radical (unpaired) electrons. The first-order valence-corrected chi connectivity index (χ1v) is 9.40. The van der Waals surface area contributed by atoms with Crippen LogP contribution in [0.3, 0.4) is 0 Å². The van der Waals surface area contributed by atoms with E-state index < -0.39 is 0 Å². The molecule has 2 aromatic rings. The summed E-state index contributed by atoms with van der Waals surface area (Å²) in [5.74, 6) is 1.55. The van der Waals surface area contributed by atoms with E-state index in [-0.39, 0.29) is 17.3 Å². The zero-order chi connectivity index (χ0) is 18.0. The molecule has 2 saturated heterocycles. The van der Waals surface area contributed by atoms with Gasteiger partial charge in [-0.05, 0) is 51.3 Å². The molecule has 1 atom stereocenters. The molecule has 4 rings (SSSR count). The van der Waals surface area contributed by atoms with Crippen LogP contribution >= 0.6 is 0 Å². The van der Waals surface area contributed by atoms with Crippen LogP contribution in [0.2, 0.25) is 0 Å². The van der Waals surface area contributed by atoms with E-state index in [1.54, 1.807) is 6.92 Å². The van der Waals surface area contributed by atoms with Gasteiger partial charge in [-0.3, -0.25) is 9.69 Å². The maximum absolute atomic E-state index is 12.5. The molecule has 138 valence electrons. The fourth-order valence-corrected chi connectivity index (χ4v) is 4.13. The van der Waals surface area contributed by atoms with Crippen LogP contribution in [0.25, 0.3) is 0 Å². The molecule has 6 heteroatoms. The standard InChI is InChI=1S/C20H25N3O3/c1-15(24)20(16-6-3-2-4-7-16)9-11-23(12-10-20)14-18-21-19(26-22-18)17-8-5-13-25-17/h2-4,6-7,17H,5,8-14H2,1H3. The Morgan fingerprint density at radius 1 is 1.27 bits per heavy atom. The quantitative estimate of drug-likeness (QED) is 0.821. The minimum Gasteiger partial charge on any atom is -0.368 e. The van der Waals surface area contributed by atoms with Crippen molar-refractivity contribution in [1.82, 2.24) is 15.0 Å². The summed E-state index contributed by atoms with van der Waals surface area (Å²) >= 11 is 0. The van der Waals surface area contributed by atoms with Gasteiger partial charge in [-0.25, -0.2) is 0 Å². The van der Waals surface area contributed by atoms with Gasteiger partial charge in [-0.15, -0.1) is 0 Å². The predicted molar refractivity (Wildman–Crippen MR) is 95.5 cm³/mol. The van der Waals surface area contributed by atoms with E-state index in [4.69, 9.17) is 9.26 Å². The van der Waals surface area contributed by atoms with Gasteiger partial charge in [0.2, 0.25) is 0 Å². The molecule has 0 aliphatic carbocycles. The lowest BCUT2D eigenvalue weighted by Gasteiger charge is -2.40. The Balaban J connectivity index is 1.41. The summed E-state index contributed by atoms with van der Waals surface area (Å²) in [6, 6.07) is 10.2. The van der Waals surface area contributed by atoms with Gasteiger partial charge < -0.3 is 9.26 Å². The number of benzene rings is 1. The van der Waals surface area contributed by atoms with Gasteiger partial charge in [0.05, 0.1) is 12.0 Å². The number of Topliss-reactive ketones (excluding diaryl/α,β-unsaturated/α-hetero) is 1. The van der Waals surface area contributed by atoms with E-state index in [9.17, 15) is 4.79 Å². The average molecular weight is 355 g/mol. The Kier molecular flexibility index (Phi) is 4.87. The Hall–Kier alpha value is -2.05. The first kappa shape index (κ1) is 17.4. The van der Waals surface area contributed by atoms with Crippen LogP contribution in [0.15, 0.2) is 34.9 Å². The van der Waals surface area contributed by atoms with Crippen LogP contribution in [-0.2, 0) is 21.5 Å². The van der Waals surface area contributed by atoms with Crippen molar-refractivity contribution in [2.45, 2.75) is 50.7 Å². The minimum absolute atomic E-state index is 0.0407. The highest BCUT2D eigenvalue weighted by atomic mass is 16.5. The van der Waals surface area contributed by atoms with E-state index in [0.29, 0.717) is 18.3 Å². The number of carbonyl (C=O) groups is 1. The van der Waals surface area contributed by atoms with Gasteiger partial charge in [0, 0.05) is 6.61 Å². The third-order valence-electron chi connectivity index (χ3n) is 5.76. The fraction of sp³-hybridized carbons (Fsp3) is 0.550. The maximum Gasteiger partial charge on any atom is 0.255 e. The summed E-state index contributed by atoms with van der Waals surface area (Å²) in [5, 5.41) is 4.11. The normalized spacial score (nSPS) is 23.2. The largest absolute Gasteiger partial charge is 0.368 e. The Bertz CT molecular complexity index is 745. The second-order valence-corrected chi connectivity index (χ2v) is 7.33. The molecule has 1 aromatic heterocycles. The van der Waals surface area contributed by atoms with Crippen LogP contribution < -0.4 is 0 Å². The summed E-state index contributed by atoms with van der Waals surface area (Å²) in [6.07, 6.45) is 3.59. The topological polar surface area (TPSA) is 68.5 Å². The molecule has 0 spiro atoms. The molecule has 3 heterocycles. The average Bonchev–Trinajstić information content (AvgIpc) is 3.34. The lowest BCUT2D eigenvalue weighted by atomic mass is 9.70. The number of ketones is 1. The molecule has 0 bridgehead atoms. The van der Waals surface area contributed by atoms with Gasteiger partial charge in [-0.1, -0.05) is 35.5 Å². The molecular formula is C20H25N3O3. The maximum atomic E-state index is 12.5. The monoisotopic (exact) mass is 355 g/mol. The molecule has 6 nitrogen and oxygen atoms in total. The lowest BCUT2D eigenvalue weighted by molar-refractivity contribution is -0.124. The smallest absolute Gasteiger partial charge is 0.255 e. The Labute approximate surface area is 153 Å². The third-order valence-corrected chi connectivity index (χ3v) is 5.76. The molecule has 1 unspecified atom stereocenters. The highest BCUT2D eigenvalue weighted by Gasteiger charge is 2.40. The van der Waals surface area contributed by atoms with Crippen LogP contribution in [0.1, 0.15) is 56.0 Å². The second kappa shape index (κ2) is 7.29. The molecule has 2 aliphatic rings. The molecule has 1 aromatic carbocycles. The molecule has 2 fully saturated rings. The van der Waals surface area contributed by atoms with Crippen molar-refractivity contribution in [1.29, 1.82) is 0 Å². The minimum atomic E-state index is -0.363. The SMILES string of the molecule is CC(=O)C1(c2ccccc2)CCN(Cc2noc(C3CCCO3)n2)CC1. The highest BCUT2D eigenvalue weighted by molar-refractivity contribution is 5.88. The summed E-state index contributed by atoms with van der Waals surface area (Å²) in [5.41, 5.74) is 0.769. The van der Waals surface area contributed by atoms with Crippen molar-refractivity contribution in [2.24, 2.45) is 0 Å². The van der Waals surface area contributed by atoms with Crippen molar-refractivity contribution in [3.8, 4) is 0 Å². The van der Waals surface area contributed by atoms with Crippen LogP contribution in [0, 0.1) is 0 Å². The number of aromatic nitrogens is 2. The van der Waals surface area contributed by atoms with Gasteiger partial charge in [0.1, 0.15) is 11.9 Å². The van der Waals surface area contributed by atoms with Crippen molar-refractivity contribution in [3.05, 3.63) is 47.6 Å². The summed E-state index contributed by atoms with van der Waals surface area (Å²) < 4.78 is 11.0. The van der Waals surface area contributed by atoms with Crippen LogP contribution in [0.5, 0.6) is 0 Å². The molecule has 26 heavy (non-hydrogen) atoms. The molecule has 0 amide bonds. The number of carbonyl (C=O) groups excluding carboxylic acids is 1. The third kappa shape index (κ3) is 3.31. The van der Waals surface area contributed by atoms with Gasteiger partial charge >= 0.3 is 0 Å². The van der Waals surface area contributed by atoms with E-state index in [1.807, 2.05) is 18.2 Å². The number of likely N-dealkylation sites (tertiary alicyclic amines) is 1. The van der Waals surface area contributed by atoms with Crippen molar-refractivity contribution < 1.29 is 14.1 Å².